The second-order valence-electron chi connectivity index (χ2n) is 13.7. The Labute approximate surface area is 296 Å². The maximum absolute atomic E-state index is 14.3. The number of aliphatic hydroxyl groups excluding tert-OH is 1. The van der Waals surface area contributed by atoms with Crippen LogP contribution >= 0.6 is 0 Å². The highest BCUT2D eigenvalue weighted by molar-refractivity contribution is 5.96. The Kier molecular flexibility index (Phi) is 10.5. The van der Waals surface area contributed by atoms with Gasteiger partial charge in [-0.3, -0.25) is 24.0 Å². The fourth-order valence-electron chi connectivity index (χ4n) is 6.97. The molecule has 6 rings (SSSR count). The summed E-state index contributed by atoms with van der Waals surface area (Å²) in [5.74, 6) is -2.55. The molecule has 5 amide bonds. The summed E-state index contributed by atoms with van der Waals surface area (Å²) >= 11 is 0. The molecule has 12 heteroatoms. The van der Waals surface area contributed by atoms with Crippen molar-refractivity contribution in [1.82, 2.24) is 30.7 Å². The van der Waals surface area contributed by atoms with Gasteiger partial charge < -0.3 is 35.8 Å². The van der Waals surface area contributed by atoms with E-state index in [-0.39, 0.29) is 44.8 Å². The van der Waals surface area contributed by atoms with E-state index in [9.17, 15) is 29.1 Å². The third-order valence-corrected chi connectivity index (χ3v) is 9.80. The summed E-state index contributed by atoms with van der Waals surface area (Å²) in [6, 6.07) is 18.7. The fourth-order valence-corrected chi connectivity index (χ4v) is 6.97. The summed E-state index contributed by atoms with van der Waals surface area (Å²) in [5.41, 5.74) is 5.08. The molecule has 266 valence electrons. The van der Waals surface area contributed by atoms with Crippen LogP contribution in [0.25, 0.3) is 10.9 Å². The van der Waals surface area contributed by atoms with E-state index >= 15 is 0 Å². The second kappa shape index (κ2) is 15.2. The van der Waals surface area contributed by atoms with Crippen LogP contribution in [0.3, 0.4) is 0 Å². The van der Waals surface area contributed by atoms with Crippen molar-refractivity contribution in [2.45, 2.75) is 70.3 Å². The van der Waals surface area contributed by atoms with Crippen molar-refractivity contribution in [2.75, 3.05) is 19.6 Å². The number of nitrogens with one attached hydrogen (secondary N) is 4. The first-order valence-electron chi connectivity index (χ1n) is 17.3. The van der Waals surface area contributed by atoms with Gasteiger partial charge in [-0.1, -0.05) is 72.3 Å². The highest BCUT2D eigenvalue weighted by Gasteiger charge is 2.42. The normalized spacial score (nSPS) is 23.6. The zero-order chi connectivity index (χ0) is 36.2. The van der Waals surface area contributed by atoms with E-state index in [0.29, 0.717) is 5.56 Å². The third-order valence-electron chi connectivity index (χ3n) is 9.80. The Hall–Kier alpha value is -5.49. The SMILES string of the molecule is Cc1ccc(C)c(CC(=O)N2CC(=O)N[C@H](Cc3c[nH]c4ccccc34)C(=O)N3C[C@H](O)C[C@H]3C(=O)N[C@@H](C)C(=O)N[C@H](c3ccccc3)C2)c1. The predicted octanol–water partition coefficient (Wildman–Crippen LogP) is 2.22. The molecule has 2 fully saturated rings. The van der Waals surface area contributed by atoms with Gasteiger partial charge >= 0.3 is 0 Å². The summed E-state index contributed by atoms with van der Waals surface area (Å²) in [6.07, 6.45) is 0.903. The summed E-state index contributed by atoms with van der Waals surface area (Å²) in [4.78, 5) is 75.6. The first kappa shape index (κ1) is 35.3. The number of benzene rings is 3. The Bertz CT molecular complexity index is 1940. The number of aliphatic hydroxyl groups is 1. The summed E-state index contributed by atoms with van der Waals surface area (Å²) in [7, 11) is 0. The molecule has 4 aromatic rings. The van der Waals surface area contributed by atoms with Crippen molar-refractivity contribution in [1.29, 1.82) is 0 Å². The van der Waals surface area contributed by atoms with Crippen LogP contribution in [-0.2, 0) is 36.8 Å². The lowest BCUT2D eigenvalue weighted by molar-refractivity contribution is -0.142. The molecule has 2 aliphatic heterocycles. The number of hydrogen-bond acceptors (Lipinski definition) is 6. The number of rotatable bonds is 5. The van der Waals surface area contributed by atoms with Crippen molar-refractivity contribution in [3.05, 3.63) is 107 Å². The minimum absolute atomic E-state index is 0.0209. The quantitative estimate of drug-likeness (QED) is 0.215. The molecule has 3 aromatic carbocycles. The number of para-hydroxylation sites is 1. The van der Waals surface area contributed by atoms with Crippen LogP contribution in [0.5, 0.6) is 0 Å². The fraction of sp³-hybridized carbons (Fsp3) is 0.359. The van der Waals surface area contributed by atoms with E-state index in [1.807, 2.05) is 86.6 Å². The predicted molar refractivity (Wildman–Crippen MR) is 191 cm³/mol. The van der Waals surface area contributed by atoms with E-state index < -0.39 is 53.9 Å². The smallest absolute Gasteiger partial charge is 0.246 e. The number of fused-ring (bicyclic) bond motifs is 2. The summed E-state index contributed by atoms with van der Waals surface area (Å²) < 4.78 is 0. The topological polar surface area (TPSA) is 164 Å². The van der Waals surface area contributed by atoms with Gasteiger partial charge in [0.1, 0.15) is 18.1 Å². The Morgan fingerprint density at radius 2 is 1.61 bits per heavy atom. The number of carbonyl (C=O) groups is 5. The number of H-pyrrole nitrogens is 1. The van der Waals surface area contributed by atoms with Crippen LogP contribution in [0.15, 0.2) is 79.0 Å². The molecule has 0 bridgehead atoms. The lowest BCUT2D eigenvalue weighted by Crippen LogP contribution is -2.56. The second-order valence-corrected chi connectivity index (χ2v) is 13.7. The van der Waals surface area contributed by atoms with Crippen LogP contribution in [0, 0.1) is 13.8 Å². The summed E-state index contributed by atoms with van der Waals surface area (Å²) in [5, 5.41) is 20.1. The van der Waals surface area contributed by atoms with Crippen molar-refractivity contribution >= 4 is 40.4 Å². The number of nitrogens with zero attached hydrogens (tertiary/aromatic N) is 2. The Balaban J connectivity index is 1.38. The molecule has 2 aliphatic rings. The van der Waals surface area contributed by atoms with Gasteiger partial charge in [-0.15, -0.1) is 0 Å². The monoisotopic (exact) mass is 692 g/mol. The number of aromatic nitrogens is 1. The Morgan fingerprint density at radius 1 is 0.863 bits per heavy atom. The van der Waals surface area contributed by atoms with Gasteiger partial charge in [0.15, 0.2) is 0 Å². The molecule has 0 radical (unpaired) electrons. The standard InChI is InChI=1S/C39H44N6O6/c1-23-13-14-24(2)27(15-23)17-36(48)44-21-33(26-9-5-4-6-10-26)43-37(49)25(3)41-38(50)34-18-29(46)20-45(34)39(51)32(42-35(47)22-44)16-28-19-40-31-12-8-7-11-30(28)31/h4-15,19,25,29,32-34,40,46H,16-18,20-22H2,1-3H3,(H,41,50)(H,42,47)(H,43,49)/t25-,29+,32+,33-,34-/m0/s1. The lowest BCUT2D eigenvalue weighted by atomic mass is 10.0. The molecule has 5 N–H and O–H groups in total. The molecule has 0 spiro atoms. The summed E-state index contributed by atoms with van der Waals surface area (Å²) in [6.45, 7) is 4.86. The van der Waals surface area contributed by atoms with Crippen molar-refractivity contribution in [3.63, 3.8) is 0 Å². The highest BCUT2D eigenvalue weighted by Crippen LogP contribution is 2.24. The van der Waals surface area contributed by atoms with Gasteiger partial charge in [0.2, 0.25) is 29.5 Å². The van der Waals surface area contributed by atoms with E-state index in [1.54, 1.807) is 13.1 Å². The number of hydrogen-bond donors (Lipinski definition) is 5. The number of carbonyl (C=O) groups excluding carboxylic acids is 5. The maximum atomic E-state index is 14.3. The number of amides is 5. The van der Waals surface area contributed by atoms with Gasteiger partial charge in [0.25, 0.3) is 0 Å². The highest BCUT2D eigenvalue weighted by atomic mass is 16.3. The molecule has 0 aliphatic carbocycles. The number of aromatic amines is 1. The average Bonchev–Trinajstić information content (AvgIpc) is 3.71. The molecule has 51 heavy (non-hydrogen) atoms. The maximum Gasteiger partial charge on any atom is 0.246 e. The van der Waals surface area contributed by atoms with Gasteiger partial charge in [-0.2, -0.15) is 0 Å². The van der Waals surface area contributed by atoms with Gasteiger partial charge in [-0.25, -0.2) is 0 Å². The van der Waals surface area contributed by atoms with Crippen LogP contribution < -0.4 is 16.0 Å². The minimum atomic E-state index is -1.12. The molecule has 0 saturated carbocycles. The van der Waals surface area contributed by atoms with Gasteiger partial charge in [-0.05, 0) is 49.1 Å². The van der Waals surface area contributed by atoms with Crippen molar-refractivity contribution in [3.8, 4) is 0 Å². The molecule has 12 nitrogen and oxygen atoms in total. The molecule has 1 aromatic heterocycles. The molecular formula is C39H44N6O6. The molecular weight excluding hydrogens is 648 g/mol. The van der Waals surface area contributed by atoms with Crippen LogP contribution in [-0.4, -0.2) is 93.3 Å². The molecule has 3 heterocycles. The van der Waals surface area contributed by atoms with Crippen LogP contribution in [0.2, 0.25) is 0 Å². The molecule has 0 unspecified atom stereocenters. The lowest BCUT2D eigenvalue weighted by Gasteiger charge is -2.30. The first-order valence-corrected chi connectivity index (χ1v) is 17.3. The number of aryl methyl sites for hydroxylation is 2. The van der Waals surface area contributed by atoms with Crippen molar-refractivity contribution < 1.29 is 29.1 Å². The molecule has 5 atom stereocenters. The average molecular weight is 693 g/mol. The molecule has 2 saturated heterocycles. The first-order chi connectivity index (χ1) is 24.5. The van der Waals surface area contributed by atoms with Crippen molar-refractivity contribution in [2.24, 2.45) is 0 Å². The van der Waals surface area contributed by atoms with E-state index in [1.165, 1.54) is 9.80 Å². The zero-order valence-corrected chi connectivity index (χ0v) is 29.0. The largest absolute Gasteiger partial charge is 0.391 e. The van der Waals surface area contributed by atoms with Gasteiger partial charge in [0, 0.05) is 43.0 Å². The minimum Gasteiger partial charge on any atom is -0.391 e. The van der Waals surface area contributed by atoms with E-state index in [4.69, 9.17) is 0 Å². The third kappa shape index (κ3) is 8.12. The van der Waals surface area contributed by atoms with Crippen LogP contribution in [0.1, 0.15) is 47.2 Å². The van der Waals surface area contributed by atoms with Crippen LogP contribution in [0.4, 0.5) is 0 Å². The Morgan fingerprint density at radius 3 is 2.39 bits per heavy atom. The van der Waals surface area contributed by atoms with E-state index in [0.717, 1.165) is 33.2 Å². The van der Waals surface area contributed by atoms with E-state index in [2.05, 4.69) is 20.9 Å². The van der Waals surface area contributed by atoms with Gasteiger partial charge in [0.05, 0.1) is 25.1 Å². The zero-order valence-electron chi connectivity index (χ0n) is 29.0.